The second-order valence-corrected chi connectivity index (χ2v) is 5.28. The molecule has 2 rings (SSSR count). The van der Waals surface area contributed by atoms with Crippen LogP contribution in [0.15, 0.2) is 28.9 Å². The molecule has 1 unspecified atom stereocenters. The van der Waals surface area contributed by atoms with Gasteiger partial charge >= 0.3 is 0 Å². The third-order valence-corrected chi connectivity index (χ3v) is 3.99. The number of thiazole rings is 1. The summed E-state index contributed by atoms with van der Waals surface area (Å²) >= 11 is 4.71. The summed E-state index contributed by atoms with van der Waals surface area (Å²) in [5, 5.41) is 10.1. The number of nitrogens with zero attached hydrogens (tertiary/aromatic N) is 1. The van der Waals surface area contributed by atoms with E-state index in [4.69, 9.17) is 0 Å². The van der Waals surface area contributed by atoms with Crippen molar-refractivity contribution in [3.8, 4) is 10.6 Å². The van der Waals surface area contributed by atoms with E-state index in [0.717, 1.165) is 9.35 Å². The zero-order valence-corrected chi connectivity index (χ0v) is 10.8. The fraction of sp³-hybridized carbons (Fsp3) is 0.182. The lowest BCUT2D eigenvalue weighted by molar-refractivity contribution is 0.203. The zero-order chi connectivity index (χ0) is 11.7. The van der Waals surface area contributed by atoms with Crippen LogP contribution in [0, 0.1) is 5.82 Å². The molecule has 5 heteroatoms. The van der Waals surface area contributed by atoms with Crippen molar-refractivity contribution in [2.24, 2.45) is 0 Å². The van der Waals surface area contributed by atoms with Crippen LogP contribution in [-0.4, -0.2) is 10.1 Å². The Kier molecular flexibility index (Phi) is 3.37. The molecule has 16 heavy (non-hydrogen) atoms. The van der Waals surface area contributed by atoms with E-state index in [1.807, 2.05) is 0 Å². The molecule has 0 aliphatic carbocycles. The van der Waals surface area contributed by atoms with E-state index in [-0.39, 0.29) is 5.82 Å². The Morgan fingerprint density at radius 2 is 2.25 bits per heavy atom. The Hall–Kier alpha value is -0.780. The first-order valence-corrected chi connectivity index (χ1v) is 6.28. The fourth-order valence-corrected chi connectivity index (χ4v) is 2.71. The predicted octanol–water partition coefficient (Wildman–Crippen LogP) is 3.77. The standard InChI is InChI=1S/C11H9BrFNOS/c1-6(15)10-5-14-11(16-10)8-4-7(13)2-3-9(8)12/h2-6,15H,1H3. The second-order valence-electron chi connectivity index (χ2n) is 3.37. The molecule has 84 valence electrons. The molecule has 0 spiro atoms. The average molecular weight is 302 g/mol. The molecule has 0 bridgehead atoms. The number of aromatic nitrogens is 1. The van der Waals surface area contributed by atoms with E-state index in [1.54, 1.807) is 19.2 Å². The van der Waals surface area contributed by atoms with Crippen LogP contribution >= 0.6 is 27.3 Å². The molecule has 1 N–H and O–H groups in total. The van der Waals surface area contributed by atoms with Gasteiger partial charge in [-0.3, -0.25) is 0 Å². The summed E-state index contributed by atoms with van der Waals surface area (Å²) < 4.78 is 13.9. The molecule has 0 fully saturated rings. The van der Waals surface area contributed by atoms with E-state index >= 15 is 0 Å². The highest BCUT2D eigenvalue weighted by Gasteiger charge is 2.11. The van der Waals surface area contributed by atoms with Crippen molar-refractivity contribution in [1.29, 1.82) is 0 Å². The Balaban J connectivity index is 2.46. The first kappa shape index (κ1) is 11.7. The van der Waals surface area contributed by atoms with Crippen molar-refractivity contribution in [2.45, 2.75) is 13.0 Å². The number of hydrogen-bond donors (Lipinski definition) is 1. The smallest absolute Gasteiger partial charge is 0.124 e. The quantitative estimate of drug-likeness (QED) is 0.916. The monoisotopic (exact) mass is 301 g/mol. The van der Waals surface area contributed by atoms with Crippen LogP contribution < -0.4 is 0 Å². The van der Waals surface area contributed by atoms with Crippen LogP contribution in [0.1, 0.15) is 17.9 Å². The summed E-state index contributed by atoms with van der Waals surface area (Å²) in [5.74, 6) is -0.299. The van der Waals surface area contributed by atoms with Gasteiger partial charge in [-0.2, -0.15) is 0 Å². The number of halogens is 2. The molecule has 2 aromatic rings. The maximum atomic E-state index is 13.1. The highest BCUT2D eigenvalue weighted by Crippen LogP contribution is 2.33. The lowest BCUT2D eigenvalue weighted by Gasteiger charge is -2.00. The van der Waals surface area contributed by atoms with Crippen molar-refractivity contribution in [3.63, 3.8) is 0 Å². The van der Waals surface area contributed by atoms with Crippen LogP contribution in [0.5, 0.6) is 0 Å². The topological polar surface area (TPSA) is 33.1 Å². The number of rotatable bonds is 2. The molecule has 1 aromatic carbocycles. The molecule has 1 aromatic heterocycles. The van der Waals surface area contributed by atoms with Crippen LogP contribution in [0.4, 0.5) is 4.39 Å². The number of hydrogen-bond acceptors (Lipinski definition) is 3. The van der Waals surface area contributed by atoms with E-state index < -0.39 is 6.10 Å². The summed E-state index contributed by atoms with van der Waals surface area (Å²) in [6.07, 6.45) is 1.07. The summed E-state index contributed by atoms with van der Waals surface area (Å²) in [4.78, 5) is 4.94. The summed E-state index contributed by atoms with van der Waals surface area (Å²) in [6.45, 7) is 1.68. The van der Waals surface area contributed by atoms with E-state index in [0.29, 0.717) is 10.6 Å². The SMILES string of the molecule is CC(O)c1cnc(-c2cc(F)ccc2Br)s1. The maximum Gasteiger partial charge on any atom is 0.124 e. The average Bonchev–Trinajstić information content (AvgIpc) is 2.70. The van der Waals surface area contributed by atoms with Gasteiger partial charge in [0.15, 0.2) is 0 Å². The van der Waals surface area contributed by atoms with Gasteiger partial charge in [-0.15, -0.1) is 11.3 Å². The first-order valence-electron chi connectivity index (χ1n) is 4.67. The minimum absolute atomic E-state index is 0.299. The van der Waals surface area contributed by atoms with Crippen LogP contribution in [-0.2, 0) is 0 Å². The summed E-state index contributed by atoms with van der Waals surface area (Å²) in [7, 11) is 0. The molecule has 0 saturated heterocycles. The molecular weight excluding hydrogens is 293 g/mol. The molecule has 0 aliphatic rings. The van der Waals surface area contributed by atoms with Crippen molar-refractivity contribution >= 4 is 27.3 Å². The molecule has 1 heterocycles. The van der Waals surface area contributed by atoms with Crippen molar-refractivity contribution in [2.75, 3.05) is 0 Å². The summed E-state index contributed by atoms with van der Waals surface area (Å²) in [6, 6.07) is 4.46. The van der Waals surface area contributed by atoms with Gasteiger partial charge in [-0.25, -0.2) is 9.37 Å². The van der Waals surface area contributed by atoms with E-state index in [1.165, 1.54) is 23.5 Å². The largest absolute Gasteiger partial charge is 0.388 e. The number of aliphatic hydroxyl groups excluding tert-OH is 1. The van der Waals surface area contributed by atoms with Crippen molar-refractivity contribution < 1.29 is 9.50 Å². The Morgan fingerprint density at radius 3 is 2.88 bits per heavy atom. The molecule has 0 aliphatic heterocycles. The van der Waals surface area contributed by atoms with Gasteiger partial charge in [0.2, 0.25) is 0 Å². The number of benzene rings is 1. The molecular formula is C11H9BrFNOS. The zero-order valence-electron chi connectivity index (χ0n) is 8.45. The minimum atomic E-state index is -0.543. The van der Waals surface area contributed by atoms with Crippen molar-refractivity contribution in [3.05, 3.63) is 39.6 Å². The van der Waals surface area contributed by atoms with Gasteiger partial charge in [0, 0.05) is 16.2 Å². The fourth-order valence-electron chi connectivity index (χ4n) is 1.27. The molecule has 0 radical (unpaired) electrons. The third kappa shape index (κ3) is 2.31. The first-order chi connectivity index (χ1) is 7.58. The molecule has 0 amide bonds. The van der Waals surface area contributed by atoms with E-state index in [2.05, 4.69) is 20.9 Å². The molecule has 1 atom stereocenters. The third-order valence-electron chi connectivity index (χ3n) is 2.09. The predicted molar refractivity (Wildman–Crippen MR) is 65.8 cm³/mol. The van der Waals surface area contributed by atoms with Crippen LogP contribution in [0.2, 0.25) is 0 Å². The maximum absolute atomic E-state index is 13.1. The van der Waals surface area contributed by atoms with Gasteiger partial charge < -0.3 is 5.11 Å². The normalized spacial score (nSPS) is 12.8. The highest BCUT2D eigenvalue weighted by atomic mass is 79.9. The van der Waals surface area contributed by atoms with Gasteiger partial charge in [0.25, 0.3) is 0 Å². The van der Waals surface area contributed by atoms with Crippen molar-refractivity contribution in [1.82, 2.24) is 4.98 Å². The second kappa shape index (κ2) is 4.61. The minimum Gasteiger partial charge on any atom is -0.388 e. The Bertz CT molecular complexity index is 512. The molecule has 2 nitrogen and oxygen atoms in total. The summed E-state index contributed by atoms with van der Waals surface area (Å²) in [5.41, 5.74) is 0.705. The highest BCUT2D eigenvalue weighted by molar-refractivity contribution is 9.10. The Labute approximate surface area is 105 Å². The molecule has 0 saturated carbocycles. The lowest BCUT2D eigenvalue weighted by Crippen LogP contribution is -1.83. The van der Waals surface area contributed by atoms with Gasteiger partial charge in [-0.05, 0) is 25.1 Å². The van der Waals surface area contributed by atoms with Gasteiger partial charge in [0.1, 0.15) is 10.8 Å². The number of aliphatic hydroxyl groups is 1. The van der Waals surface area contributed by atoms with Crippen LogP contribution in [0.25, 0.3) is 10.6 Å². The lowest BCUT2D eigenvalue weighted by atomic mass is 10.2. The van der Waals surface area contributed by atoms with Gasteiger partial charge in [0.05, 0.1) is 11.0 Å². The Morgan fingerprint density at radius 1 is 1.50 bits per heavy atom. The van der Waals surface area contributed by atoms with Gasteiger partial charge in [-0.1, -0.05) is 15.9 Å². The van der Waals surface area contributed by atoms with E-state index in [9.17, 15) is 9.50 Å². The van der Waals surface area contributed by atoms with Crippen LogP contribution in [0.3, 0.4) is 0 Å².